The van der Waals surface area contributed by atoms with Crippen molar-refractivity contribution in [3.63, 3.8) is 0 Å². The summed E-state index contributed by atoms with van der Waals surface area (Å²) in [7, 11) is 0. The van der Waals surface area contributed by atoms with E-state index in [1.54, 1.807) is 13.3 Å². The Hall–Kier alpha value is -1.65. The van der Waals surface area contributed by atoms with Gasteiger partial charge in [-0.15, -0.1) is 0 Å². The van der Waals surface area contributed by atoms with Gasteiger partial charge in [0.1, 0.15) is 0 Å². The number of aliphatic imine (C=N–C) groups is 2. The number of fused-ring (bicyclic) bond motifs is 1. The van der Waals surface area contributed by atoms with Crippen LogP contribution < -0.4 is 10.7 Å². The SMILES string of the molecule is CC1=[N+]c2nc[nH]c2C(N)=N1. The Bertz CT molecular complexity index is 346. The van der Waals surface area contributed by atoms with Gasteiger partial charge in [-0.2, -0.15) is 0 Å². The van der Waals surface area contributed by atoms with Crippen LogP contribution in [0.1, 0.15) is 12.6 Å². The number of rotatable bonds is 0. The molecule has 1 aliphatic rings. The predicted molar refractivity (Wildman–Crippen MR) is 41.8 cm³/mol. The molecule has 0 unspecified atom stereocenters. The molecule has 1 radical (unpaired) electrons. The third-order valence-electron chi connectivity index (χ3n) is 1.43. The molecule has 0 saturated heterocycles. The smallest absolute Gasteiger partial charge is 0.327 e. The van der Waals surface area contributed by atoms with Gasteiger partial charge in [-0.25, -0.2) is 0 Å². The summed E-state index contributed by atoms with van der Waals surface area (Å²) in [6.07, 6.45) is 1.55. The second kappa shape index (κ2) is 1.91. The average molecular weight is 149 g/mol. The van der Waals surface area contributed by atoms with Crippen molar-refractivity contribution in [2.45, 2.75) is 6.92 Å². The van der Waals surface area contributed by atoms with Crippen LogP contribution in [0, 0.1) is 0 Å². The van der Waals surface area contributed by atoms with E-state index in [0.29, 0.717) is 23.2 Å². The third kappa shape index (κ3) is 0.813. The van der Waals surface area contributed by atoms with Gasteiger partial charge in [0, 0.05) is 6.92 Å². The highest BCUT2D eigenvalue weighted by Gasteiger charge is 2.22. The molecule has 55 valence electrons. The summed E-state index contributed by atoms with van der Waals surface area (Å²) in [4.78, 5) is 14.8. The van der Waals surface area contributed by atoms with Crippen LogP contribution in [-0.4, -0.2) is 21.6 Å². The molecule has 5 nitrogen and oxygen atoms in total. The van der Waals surface area contributed by atoms with Gasteiger partial charge >= 0.3 is 5.82 Å². The van der Waals surface area contributed by atoms with Gasteiger partial charge < -0.3 is 10.7 Å². The fraction of sp³-hybridized carbons (Fsp3) is 0.167. The topological polar surface area (TPSA) is 81.2 Å². The number of aromatic nitrogens is 2. The van der Waals surface area contributed by atoms with E-state index >= 15 is 0 Å². The fourth-order valence-electron chi connectivity index (χ4n) is 0.969. The summed E-state index contributed by atoms with van der Waals surface area (Å²) < 4.78 is 0. The zero-order valence-electron chi connectivity index (χ0n) is 6.00. The zero-order chi connectivity index (χ0) is 7.84. The van der Waals surface area contributed by atoms with Gasteiger partial charge in [0.2, 0.25) is 5.84 Å². The van der Waals surface area contributed by atoms with Crippen molar-refractivity contribution in [2.24, 2.45) is 10.7 Å². The van der Waals surface area contributed by atoms with Gasteiger partial charge in [-0.1, -0.05) is 15.0 Å². The Morgan fingerprint density at radius 2 is 2.45 bits per heavy atom. The van der Waals surface area contributed by atoms with Crippen molar-refractivity contribution in [2.75, 3.05) is 0 Å². The predicted octanol–water partition coefficient (Wildman–Crippen LogP) is -0.486. The molecule has 0 saturated carbocycles. The van der Waals surface area contributed by atoms with Crippen LogP contribution >= 0.6 is 0 Å². The maximum atomic E-state index is 5.58. The number of nitrogens with one attached hydrogen (secondary N) is 1. The fourth-order valence-corrected chi connectivity index (χ4v) is 0.969. The lowest BCUT2D eigenvalue weighted by atomic mass is 10.3. The maximum absolute atomic E-state index is 5.58. The van der Waals surface area contributed by atoms with E-state index in [1.807, 2.05) is 0 Å². The normalized spacial score (nSPS) is 15.4. The molecule has 3 N–H and O–H groups in total. The molecule has 0 fully saturated rings. The third-order valence-corrected chi connectivity index (χ3v) is 1.43. The second-order valence-corrected chi connectivity index (χ2v) is 2.26. The van der Waals surface area contributed by atoms with Crippen molar-refractivity contribution in [1.82, 2.24) is 15.0 Å². The summed E-state index contributed by atoms with van der Waals surface area (Å²) in [6, 6.07) is 0. The van der Waals surface area contributed by atoms with Crippen LogP contribution in [0.5, 0.6) is 0 Å². The highest BCUT2D eigenvalue weighted by atomic mass is 15.1. The molecule has 0 spiro atoms. The number of amidine groups is 2. The number of hydrogen-bond acceptors (Lipinski definition) is 4. The average Bonchev–Trinajstić information content (AvgIpc) is 2.34. The Morgan fingerprint density at radius 1 is 1.64 bits per heavy atom. The summed E-state index contributed by atoms with van der Waals surface area (Å²) in [6.45, 7) is 1.78. The van der Waals surface area contributed by atoms with Gasteiger partial charge in [0.15, 0.2) is 12.0 Å². The van der Waals surface area contributed by atoms with Gasteiger partial charge in [0.05, 0.1) is 0 Å². The van der Waals surface area contributed by atoms with E-state index < -0.39 is 0 Å². The molecule has 1 aromatic rings. The summed E-state index contributed by atoms with van der Waals surface area (Å²) in [5.41, 5.74) is 6.28. The first-order valence-corrected chi connectivity index (χ1v) is 3.20. The van der Waals surface area contributed by atoms with Gasteiger partial charge in [0.25, 0.3) is 5.84 Å². The maximum Gasteiger partial charge on any atom is 0.327 e. The molecule has 1 aliphatic heterocycles. The number of hydrogen-bond donors (Lipinski definition) is 2. The molecule has 2 rings (SSSR count). The Balaban J connectivity index is 2.66. The monoisotopic (exact) mass is 149 g/mol. The quantitative estimate of drug-likeness (QED) is 0.522. The first-order chi connectivity index (χ1) is 5.27. The zero-order valence-corrected chi connectivity index (χ0v) is 6.00. The van der Waals surface area contributed by atoms with Crippen LogP contribution in [0.15, 0.2) is 11.3 Å². The lowest BCUT2D eigenvalue weighted by Crippen LogP contribution is -2.21. The van der Waals surface area contributed by atoms with E-state index in [1.165, 1.54) is 0 Å². The highest BCUT2D eigenvalue weighted by molar-refractivity contribution is 6.08. The number of aromatic amines is 1. The number of nitrogens with two attached hydrogens (primary N) is 1. The lowest BCUT2D eigenvalue weighted by molar-refractivity contribution is 1.20. The number of H-pyrrole nitrogens is 1. The van der Waals surface area contributed by atoms with E-state index in [4.69, 9.17) is 5.73 Å². The minimum atomic E-state index is 0.449. The van der Waals surface area contributed by atoms with E-state index in [2.05, 4.69) is 20.0 Å². The summed E-state index contributed by atoms with van der Waals surface area (Å²) >= 11 is 0. The molecule has 0 atom stereocenters. The van der Waals surface area contributed by atoms with Crippen molar-refractivity contribution in [3.05, 3.63) is 12.0 Å². The summed E-state index contributed by atoms with van der Waals surface area (Å²) in [5, 5.41) is 0. The van der Waals surface area contributed by atoms with Crippen molar-refractivity contribution >= 4 is 17.5 Å². The van der Waals surface area contributed by atoms with Crippen LogP contribution in [0.25, 0.3) is 0 Å². The molecule has 0 aromatic carbocycles. The van der Waals surface area contributed by atoms with Crippen molar-refractivity contribution in [1.29, 1.82) is 0 Å². The molecule has 5 heteroatoms. The Kier molecular flexibility index (Phi) is 1.06. The molecule has 11 heavy (non-hydrogen) atoms. The van der Waals surface area contributed by atoms with Crippen molar-refractivity contribution < 1.29 is 0 Å². The first-order valence-electron chi connectivity index (χ1n) is 3.20. The van der Waals surface area contributed by atoms with Gasteiger partial charge in [-0.05, 0) is 0 Å². The highest BCUT2D eigenvalue weighted by Crippen LogP contribution is 2.10. The standard InChI is InChI=1S/C6H7N5/c1-3-10-5(7)4-6(11-3)9-2-8-4/h2H,1H3,(H2,7,10)(H,8,9)/q+1. The van der Waals surface area contributed by atoms with Crippen LogP contribution in [0.3, 0.4) is 0 Å². The Morgan fingerprint density at radius 3 is 3.27 bits per heavy atom. The van der Waals surface area contributed by atoms with E-state index in [9.17, 15) is 0 Å². The largest absolute Gasteiger partial charge is 0.368 e. The molecular formula is C6H7N5+. The molecule has 2 heterocycles. The molecule has 0 aliphatic carbocycles. The van der Waals surface area contributed by atoms with Crippen LogP contribution in [-0.2, 0) is 0 Å². The Labute approximate surface area is 63.1 Å². The summed E-state index contributed by atoms with van der Waals surface area (Å²) in [5.74, 6) is 1.71. The minimum absolute atomic E-state index is 0.449. The number of nitrogens with zero attached hydrogens (tertiary/aromatic N) is 3. The molecule has 0 bridgehead atoms. The van der Waals surface area contributed by atoms with Gasteiger partial charge in [-0.3, -0.25) is 0 Å². The second-order valence-electron chi connectivity index (χ2n) is 2.26. The number of imidazole rings is 1. The molecule has 0 amide bonds. The minimum Gasteiger partial charge on any atom is -0.368 e. The van der Waals surface area contributed by atoms with E-state index in [-0.39, 0.29) is 0 Å². The van der Waals surface area contributed by atoms with Crippen LogP contribution in [0.4, 0.5) is 5.82 Å². The van der Waals surface area contributed by atoms with E-state index in [0.717, 1.165) is 0 Å². The molecular weight excluding hydrogens is 142 g/mol. The molecule has 1 aromatic heterocycles. The van der Waals surface area contributed by atoms with Crippen LogP contribution in [0.2, 0.25) is 0 Å². The first kappa shape index (κ1) is 6.09. The van der Waals surface area contributed by atoms with Crippen molar-refractivity contribution in [3.8, 4) is 0 Å². The lowest BCUT2D eigenvalue weighted by Gasteiger charge is -1.94.